The maximum absolute atomic E-state index is 13.1. The van der Waals surface area contributed by atoms with Gasteiger partial charge < -0.3 is 9.84 Å². The van der Waals surface area contributed by atoms with Crippen molar-refractivity contribution in [3.05, 3.63) is 29.6 Å². The van der Waals surface area contributed by atoms with E-state index >= 15 is 0 Å². The van der Waals surface area contributed by atoms with E-state index < -0.39 is 0 Å². The summed E-state index contributed by atoms with van der Waals surface area (Å²) in [6, 6.07) is 4.47. The average Bonchev–Trinajstić information content (AvgIpc) is 2.23. The first-order valence-electron chi connectivity index (χ1n) is 4.80. The van der Waals surface area contributed by atoms with Crippen molar-refractivity contribution in [1.82, 2.24) is 0 Å². The van der Waals surface area contributed by atoms with Gasteiger partial charge in [0.25, 0.3) is 0 Å². The van der Waals surface area contributed by atoms with Gasteiger partial charge in [0, 0.05) is 12.0 Å². The molecule has 0 aromatic heterocycles. The minimum atomic E-state index is -0.385. The second-order valence-electron chi connectivity index (χ2n) is 2.85. The van der Waals surface area contributed by atoms with E-state index in [-0.39, 0.29) is 18.2 Å². The summed E-state index contributed by atoms with van der Waals surface area (Å²) in [5.74, 6) is 5.41. The Kier molecular flexibility index (Phi) is 4.65. The van der Waals surface area contributed by atoms with E-state index in [1.54, 1.807) is 19.1 Å². The fourth-order valence-electron chi connectivity index (χ4n) is 1.07. The van der Waals surface area contributed by atoms with Gasteiger partial charge in [-0.1, -0.05) is 11.8 Å². The number of hydrogen-bond donors (Lipinski definition) is 1. The Morgan fingerprint density at radius 2 is 2.27 bits per heavy atom. The summed E-state index contributed by atoms with van der Waals surface area (Å²) >= 11 is 0. The van der Waals surface area contributed by atoms with Gasteiger partial charge in [0.05, 0.1) is 13.2 Å². The highest BCUT2D eigenvalue weighted by atomic mass is 19.1. The van der Waals surface area contributed by atoms with Gasteiger partial charge in [0.1, 0.15) is 0 Å². The topological polar surface area (TPSA) is 29.5 Å². The number of rotatable bonds is 3. The zero-order valence-corrected chi connectivity index (χ0v) is 8.59. The molecule has 0 unspecified atom stereocenters. The van der Waals surface area contributed by atoms with Crippen molar-refractivity contribution < 1.29 is 14.2 Å². The summed E-state index contributed by atoms with van der Waals surface area (Å²) < 4.78 is 18.2. The van der Waals surface area contributed by atoms with Crippen molar-refractivity contribution in [2.24, 2.45) is 0 Å². The smallest absolute Gasteiger partial charge is 0.165 e. The normalized spacial score (nSPS) is 9.27. The summed E-state index contributed by atoms with van der Waals surface area (Å²) in [4.78, 5) is 0. The quantitative estimate of drug-likeness (QED) is 0.769. The van der Waals surface area contributed by atoms with Gasteiger partial charge in [-0.25, -0.2) is 4.39 Å². The van der Waals surface area contributed by atoms with E-state index in [0.717, 1.165) is 0 Å². The van der Waals surface area contributed by atoms with E-state index in [9.17, 15) is 4.39 Å². The van der Waals surface area contributed by atoms with Crippen molar-refractivity contribution >= 4 is 0 Å². The van der Waals surface area contributed by atoms with Crippen LogP contribution in [0.3, 0.4) is 0 Å². The number of halogens is 1. The van der Waals surface area contributed by atoms with Crippen molar-refractivity contribution in [3.8, 4) is 17.6 Å². The van der Waals surface area contributed by atoms with Gasteiger partial charge >= 0.3 is 0 Å². The summed E-state index contributed by atoms with van der Waals surface area (Å²) in [7, 11) is 0. The van der Waals surface area contributed by atoms with Crippen LogP contribution >= 0.6 is 0 Å². The summed E-state index contributed by atoms with van der Waals surface area (Å²) in [6.07, 6.45) is 0.418. The second kappa shape index (κ2) is 6.05. The Morgan fingerprint density at radius 1 is 1.47 bits per heavy atom. The first-order chi connectivity index (χ1) is 7.27. The van der Waals surface area contributed by atoms with E-state index in [4.69, 9.17) is 9.84 Å². The second-order valence-corrected chi connectivity index (χ2v) is 2.85. The van der Waals surface area contributed by atoms with Crippen LogP contribution in [-0.4, -0.2) is 18.3 Å². The first-order valence-corrected chi connectivity index (χ1v) is 4.80. The van der Waals surface area contributed by atoms with Crippen LogP contribution in [0, 0.1) is 17.7 Å². The Bertz CT molecular complexity index is 377. The number of benzene rings is 1. The van der Waals surface area contributed by atoms with Crippen LogP contribution in [0.25, 0.3) is 0 Å². The SMILES string of the molecule is CCOc1cc(C#CCCO)ccc1F. The molecule has 1 aromatic rings. The van der Waals surface area contributed by atoms with E-state index in [1.165, 1.54) is 6.07 Å². The van der Waals surface area contributed by atoms with Gasteiger partial charge in [-0.2, -0.15) is 0 Å². The van der Waals surface area contributed by atoms with Gasteiger partial charge in [0.15, 0.2) is 11.6 Å². The molecule has 0 saturated carbocycles. The molecule has 0 aliphatic rings. The number of ether oxygens (including phenoxy) is 1. The molecule has 0 atom stereocenters. The Hall–Kier alpha value is -1.53. The maximum atomic E-state index is 13.1. The molecule has 0 heterocycles. The van der Waals surface area contributed by atoms with E-state index in [1.807, 2.05) is 0 Å². The molecule has 0 aliphatic carbocycles. The van der Waals surface area contributed by atoms with Gasteiger partial charge in [-0.3, -0.25) is 0 Å². The molecule has 0 fully saturated rings. The van der Waals surface area contributed by atoms with Gasteiger partial charge in [-0.15, -0.1) is 0 Å². The molecule has 0 spiro atoms. The third-order valence-corrected chi connectivity index (χ3v) is 1.70. The third-order valence-electron chi connectivity index (χ3n) is 1.70. The molecular weight excluding hydrogens is 195 g/mol. The molecule has 2 nitrogen and oxygen atoms in total. The lowest BCUT2D eigenvalue weighted by atomic mass is 10.2. The molecule has 0 amide bonds. The molecule has 15 heavy (non-hydrogen) atoms. The van der Waals surface area contributed by atoms with Gasteiger partial charge in [0.2, 0.25) is 0 Å². The number of aliphatic hydroxyl groups excluding tert-OH is 1. The van der Waals surface area contributed by atoms with Crippen molar-refractivity contribution in [1.29, 1.82) is 0 Å². The highest BCUT2D eigenvalue weighted by Gasteiger charge is 2.02. The monoisotopic (exact) mass is 208 g/mol. The van der Waals surface area contributed by atoms with E-state index in [0.29, 0.717) is 18.6 Å². The third kappa shape index (κ3) is 3.61. The van der Waals surface area contributed by atoms with Gasteiger partial charge in [-0.05, 0) is 25.1 Å². The zero-order valence-electron chi connectivity index (χ0n) is 8.59. The van der Waals surface area contributed by atoms with Crippen LogP contribution in [0.4, 0.5) is 4.39 Å². The minimum absolute atomic E-state index is 0.0342. The Labute approximate surface area is 88.7 Å². The number of aliphatic hydroxyl groups is 1. The summed E-state index contributed by atoms with van der Waals surface area (Å²) in [5, 5.41) is 8.54. The molecule has 1 aromatic carbocycles. The molecule has 0 radical (unpaired) electrons. The lowest BCUT2D eigenvalue weighted by molar-refractivity contribution is 0.305. The predicted octanol–water partition coefficient (Wildman–Crippen LogP) is 1.96. The molecule has 3 heteroatoms. The fraction of sp³-hybridized carbons (Fsp3) is 0.333. The standard InChI is InChI=1S/C12H13FO2/c1-2-15-12-9-10(5-3-4-8-14)6-7-11(12)13/h6-7,9,14H,2,4,8H2,1H3. The van der Waals surface area contributed by atoms with Crippen molar-refractivity contribution in [2.75, 3.05) is 13.2 Å². The Morgan fingerprint density at radius 3 is 2.93 bits per heavy atom. The van der Waals surface area contributed by atoms with Crippen molar-refractivity contribution in [3.63, 3.8) is 0 Å². The molecule has 0 saturated heterocycles. The van der Waals surface area contributed by atoms with Crippen LogP contribution < -0.4 is 4.74 Å². The lowest BCUT2D eigenvalue weighted by Crippen LogP contribution is -1.94. The van der Waals surface area contributed by atoms with Crippen LogP contribution in [0.2, 0.25) is 0 Å². The number of hydrogen-bond acceptors (Lipinski definition) is 2. The molecular formula is C12H13FO2. The molecule has 0 bridgehead atoms. The van der Waals surface area contributed by atoms with Crippen LogP contribution in [0.15, 0.2) is 18.2 Å². The molecule has 1 rings (SSSR count). The minimum Gasteiger partial charge on any atom is -0.491 e. The Balaban J connectivity index is 2.83. The highest BCUT2D eigenvalue weighted by molar-refractivity contribution is 5.40. The summed E-state index contributed by atoms with van der Waals surface area (Å²) in [6.45, 7) is 2.25. The average molecular weight is 208 g/mol. The van der Waals surface area contributed by atoms with E-state index in [2.05, 4.69) is 11.8 Å². The predicted molar refractivity (Wildman–Crippen MR) is 56.1 cm³/mol. The van der Waals surface area contributed by atoms with Crippen LogP contribution in [-0.2, 0) is 0 Å². The molecule has 1 N–H and O–H groups in total. The maximum Gasteiger partial charge on any atom is 0.165 e. The van der Waals surface area contributed by atoms with Crippen molar-refractivity contribution in [2.45, 2.75) is 13.3 Å². The zero-order chi connectivity index (χ0) is 11.1. The first kappa shape index (κ1) is 11.5. The van der Waals surface area contributed by atoms with Crippen LogP contribution in [0.5, 0.6) is 5.75 Å². The molecule has 80 valence electrons. The lowest BCUT2D eigenvalue weighted by Gasteiger charge is -2.03. The summed E-state index contributed by atoms with van der Waals surface area (Å²) in [5.41, 5.74) is 0.688. The highest BCUT2D eigenvalue weighted by Crippen LogP contribution is 2.18. The molecule has 0 aliphatic heterocycles. The van der Waals surface area contributed by atoms with Crippen LogP contribution in [0.1, 0.15) is 18.9 Å². The fourth-order valence-corrected chi connectivity index (χ4v) is 1.07. The largest absolute Gasteiger partial charge is 0.491 e.